The molecule has 0 saturated carbocycles. The molecule has 3 aromatic heterocycles. The fourth-order valence-corrected chi connectivity index (χ4v) is 7.03. The number of nitrogen functional groups attached to an aromatic ring is 1. The fourth-order valence-electron chi connectivity index (χ4n) is 6.11. The minimum Gasteiger partial charge on any atom is -0.389 e. The summed E-state index contributed by atoms with van der Waals surface area (Å²) in [5, 5.41) is 10.7. The third kappa shape index (κ3) is 4.07. The van der Waals surface area contributed by atoms with E-state index in [1.165, 1.54) is 0 Å². The first-order chi connectivity index (χ1) is 19.4. The van der Waals surface area contributed by atoms with Gasteiger partial charge in [-0.15, -0.1) is 11.3 Å². The number of aromatic nitrogens is 3. The second kappa shape index (κ2) is 9.85. The summed E-state index contributed by atoms with van der Waals surface area (Å²) in [6.07, 6.45) is 5.93. The van der Waals surface area contributed by atoms with Gasteiger partial charge in [-0.2, -0.15) is 5.26 Å². The highest BCUT2D eigenvalue weighted by molar-refractivity contribution is 7.23. The van der Waals surface area contributed by atoms with E-state index in [0.29, 0.717) is 30.0 Å². The minimum atomic E-state index is -0.610. The first-order valence-corrected chi connectivity index (χ1v) is 14.2. The Balaban J connectivity index is 1.29. The highest BCUT2D eigenvalue weighted by Crippen LogP contribution is 2.45. The lowest BCUT2D eigenvalue weighted by Crippen LogP contribution is -2.37. The molecule has 0 bridgehead atoms. The predicted octanol–water partition coefficient (Wildman–Crippen LogP) is 4.36. The third-order valence-corrected chi connectivity index (χ3v) is 9.24. The molecular weight excluding hydrogens is 536 g/mol. The van der Waals surface area contributed by atoms with E-state index in [1.807, 2.05) is 11.0 Å². The standard InChI is InChI=1S/C28H27F2N7O2S/c1-36-5-2-14(3-6-36)39-15-4-7-37(11-15)28-34-9-17-18-12-38-13-19(18)21(23(30)24(17)35-28)25-22-16(8-31)27(32)40-26(22)20(29)10-33-25/h9-10,14-15H,2-7,11-13,32H2,1H3. The van der Waals surface area contributed by atoms with Crippen LogP contribution in [0.4, 0.5) is 19.7 Å². The van der Waals surface area contributed by atoms with Gasteiger partial charge in [0.15, 0.2) is 11.6 Å². The number of nitrogens with two attached hydrogens (primary N) is 1. The number of halogens is 2. The molecule has 1 aromatic carbocycles. The molecule has 3 aliphatic heterocycles. The average Bonchev–Trinajstić information content (AvgIpc) is 3.70. The molecule has 40 heavy (non-hydrogen) atoms. The number of nitrogens with zero attached hydrogens (tertiary/aromatic N) is 6. The maximum absolute atomic E-state index is 16.5. The Morgan fingerprint density at radius 1 is 1.10 bits per heavy atom. The summed E-state index contributed by atoms with van der Waals surface area (Å²) in [4.78, 5) is 17.9. The molecule has 1 atom stereocenters. The zero-order valence-corrected chi connectivity index (χ0v) is 22.7. The Morgan fingerprint density at radius 3 is 2.67 bits per heavy atom. The van der Waals surface area contributed by atoms with Crippen molar-refractivity contribution in [3.63, 3.8) is 0 Å². The molecule has 7 rings (SSSR count). The predicted molar refractivity (Wildman–Crippen MR) is 148 cm³/mol. The van der Waals surface area contributed by atoms with E-state index in [-0.39, 0.29) is 62.8 Å². The molecule has 6 heterocycles. The van der Waals surface area contributed by atoms with Gasteiger partial charge in [0, 0.05) is 48.7 Å². The molecule has 0 radical (unpaired) electrons. The van der Waals surface area contributed by atoms with Crippen molar-refractivity contribution in [2.45, 2.75) is 44.7 Å². The lowest BCUT2D eigenvalue weighted by molar-refractivity contribution is -0.0296. The van der Waals surface area contributed by atoms with E-state index in [2.05, 4.69) is 21.9 Å². The van der Waals surface area contributed by atoms with Gasteiger partial charge >= 0.3 is 0 Å². The maximum atomic E-state index is 16.5. The number of piperidine rings is 1. The van der Waals surface area contributed by atoms with Crippen molar-refractivity contribution in [1.82, 2.24) is 19.9 Å². The Kier molecular flexibility index (Phi) is 6.27. The molecule has 2 N–H and O–H groups in total. The van der Waals surface area contributed by atoms with Gasteiger partial charge < -0.3 is 25.0 Å². The van der Waals surface area contributed by atoms with E-state index in [0.717, 1.165) is 55.4 Å². The Bertz CT molecular complexity index is 1700. The first-order valence-electron chi connectivity index (χ1n) is 13.4. The molecule has 2 fully saturated rings. The molecular formula is C28H27F2N7O2S. The molecule has 206 valence electrons. The summed E-state index contributed by atoms with van der Waals surface area (Å²) in [7, 11) is 2.13. The molecule has 0 amide bonds. The van der Waals surface area contributed by atoms with Crippen LogP contribution in [-0.2, 0) is 22.7 Å². The SMILES string of the molecule is CN1CCC(OC2CCN(c3ncc4c5c(c(-c6ncc(F)c7sc(N)c(C#N)c67)c(F)c4n3)COC5)C2)CC1. The van der Waals surface area contributed by atoms with Crippen LogP contribution in [0.15, 0.2) is 12.4 Å². The number of anilines is 2. The lowest BCUT2D eigenvalue weighted by Gasteiger charge is -2.30. The molecule has 4 aromatic rings. The van der Waals surface area contributed by atoms with Crippen molar-refractivity contribution in [1.29, 1.82) is 5.26 Å². The minimum absolute atomic E-state index is 0.0756. The Labute approximate surface area is 233 Å². The van der Waals surface area contributed by atoms with E-state index < -0.39 is 11.6 Å². The molecule has 12 heteroatoms. The van der Waals surface area contributed by atoms with Crippen molar-refractivity contribution >= 4 is 43.3 Å². The van der Waals surface area contributed by atoms with Gasteiger partial charge in [-0.25, -0.2) is 18.7 Å². The van der Waals surface area contributed by atoms with Gasteiger partial charge in [0.1, 0.15) is 16.6 Å². The third-order valence-electron chi connectivity index (χ3n) is 8.21. The number of thiophene rings is 1. The quantitative estimate of drug-likeness (QED) is 0.387. The number of hydrogen-bond donors (Lipinski definition) is 1. The topological polar surface area (TPSA) is 113 Å². The van der Waals surface area contributed by atoms with Crippen LogP contribution in [0.1, 0.15) is 36.0 Å². The summed E-state index contributed by atoms with van der Waals surface area (Å²) in [5.74, 6) is -0.780. The summed E-state index contributed by atoms with van der Waals surface area (Å²) in [6.45, 7) is 3.84. The van der Waals surface area contributed by atoms with Crippen molar-refractivity contribution in [2.75, 3.05) is 43.9 Å². The van der Waals surface area contributed by atoms with Gasteiger partial charge in [0.2, 0.25) is 5.95 Å². The number of hydrogen-bond acceptors (Lipinski definition) is 10. The largest absolute Gasteiger partial charge is 0.389 e. The first kappa shape index (κ1) is 25.5. The summed E-state index contributed by atoms with van der Waals surface area (Å²) < 4.78 is 43.5. The number of fused-ring (bicyclic) bond motifs is 4. The number of likely N-dealkylation sites (tertiary alicyclic amines) is 1. The number of pyridine rings is 1. The normalized spacial score (nSPS) is 20.1. The van der Waals surface area contributed by atoms with E-state index >= 15 is 4.39 Å². The molecule has 9 nitrogen and oxygen atoms in total. The molecule has 0 aliphatic carbocycles. The van der Waals surface area contributed by atoms with Crippen LogP contribution in [0, 0.1) is 23.0 Å². The van der Waals surface area contributed by atoms with Crippen molar-refractivity contribution in [2.24, 2.45) is 0 Å². The summed E-state index contributed by atoms with van der Waals surface area (Å²) >= 11 is 0.953. The van der Waals surface area contributed by atoms with Gasteiger partial charge in [0.05, 0.1) is 47.6 Å². The van der Waals surface area contributed by atoms with E-state index in [1.54, 1.807) is 6.20 Å². The van der Waals surface area contributed by atoms with Crippen molar-refractivity contribution in [3.05, 3.63) is 40.7 Å². The van der Waals surface area contributed by atoms with Crippen LogP contribution in [0.5, 0.6) is 0 Å². The van der Waals surface area contributed by atoms with E-state index in [4.69, 9.17) is 20.2 Å². The van der Waals surface area contributed by atoms with Gasteiger partial charge in [0.25, 0.3) is 0 Å². The molecule has 1 unspecified atom stereocenters. The summed E-state index contributed by atoms with van der Waals surface area (Å²) in [6, 6.07) is 2.04. The van der Waals surface area contributed by atoms with Crippen LogP contribution in [0.3, 0.4) is 0 Å². The number of ether oxygens (including phenoxy) is 2. The smallest absolute Gasteiger partial charge is 0.226 e. The van der Waals surface area contributed by atoms with Crippen LogP contribution < -0.4 is 10.6 Å². The number of rotatable bonds is 4. The molecule has 2 saturated heterocycles. The van der Waals surface area contributed by atoms with Crippen molar-refractivity contribution < 1.29 is 18.3 Å². The van der Waals surface area contributed by atoms with Gasteiger partial charge in [-0.3, -0.25) is 4.98 Å². The highest BCUT2D eigenvalue weighted by Gasteiger charge is 2.32. The Morgan fingerprint density at radius 2 is 1.88 bits per heavy atom. The molecule has 3 aliphatic rings. The summed E-state index contributed by atoms with van der Waals surface area (Å²) in [5.41, 5.74) is 7.95. The second-order valence-corrected chi connectivity index (χ2v) is 11.7. The van der Waals surface area contributed by atoms with E-state index in [9.17, 15) is 9.65 Å². The number of nitriles is 1. The molecule has 0 spiro atoms. The zero-order valence-electron chi connectivity index (χ0n) is 21.9. The highest BCUT2D eigenvalue weighted by atomic mass is 32.1. The van der Waals surface area contributed by atoms with Gasteiger partial charge in [-0.05, 0) is 37.4 Å². The Hall–Kier alpha value is -3.50. The fraction of sp³-hybridized carbons (Fsp3) is 0.429. The maximum Gasteiger partial charge on any atom is 0.226 e. The van der Waals surface area contributed by atoms with Gasteiger partial charge in [-0.1, -0.05) is 0 Å². The van der Waals surface area contributed by atoms with Crippen LogP contribution in [-0.4, -0.2) is 65.3 Å². The zero-order chi connectivity index (χ0) is 27.5. The number of benzene rings is 1. The van der Waals surface area contributed by atoms with Crippen molar-refractivity contribution in [3.8, 4) is 17.3 Å². The second-order valence-electron chi connectivity index (χ2n) is 10.7. The monoisotopic (exact) mass is 563 g/mol. The lowest BCUT2D eigenvalue weighted by atomic mass is 9.94. The van der Waals surface area contributed by atoms with Crippen LogP contribution in [0.2, 0.25) is 0 Å². The van der Waals surface area contributed by atoms with Crippen LogP contribution in [0.25, 0.3) is 32.2 Å². The average molecular weight is 564 g/mol. The van der Waals surface area contributed by atoms with Crippen LogP contribution >= 0.6 is 11.3 Å².